The monoisotopic (exact) mass is 407 g/mol. The van der Waals surface area contributed by atoms with Gasteiger partial charge in [-0.1, -0.05) is 18.9 Å². The molecular weight excluding hydrogens is 378 g/mol. The second-order valence-corrected chi connectivity index (χ2v) is 10.6. The largest absolute Gasteiger partial charge is 0.359 e. The van der Waals surface area contributed by atoms with E-state index in [0.717, 1.165) is 42.3 Å². The van der Waals surface area contributed by atoms with Gasteiger partial charge in [0, 0.05) is 24.8 Å². The average Bonchev–Trinajstić information content (AvgIpc) is 3.27. The van der Waals surface area contributed by atoms with Gasteiger partial charge >= 0.3 is 0 Å². The lowest BCUT2D eigenvalue weighted by atomic mass is 9.96. The zero-order valence-electron chi connectivity index (χ0n) is 15.9. The SMILES string of the molecule is Cc1ccc(NC(=S)NC2CC3CCC2C3)cc1S(=O)(=O)N1CCCCC1. The van der Waals surface area contributed by atoms with E-state index in [-0.39, 0.29) is 0 Å². The molecule has 5 nitrogen and oxygen atoms in total. The van der Waals surface area contributed by atoms with Crippen molar-refractivity contribution in [1.29, 1.82) is 0 Å². The molecule has 3 atom stereocenters. The first kappa shape index (κ1) is 19.2. The molecule has 3 fully saturated rings. The minimum absolute atomic E-state index is 0.386. The Labute approximate surface area is 168 Å². The first-order chi connectivity index (χ1) is 12.9. The summed E-state index contributed by atoms with van der Waals surface area (Å²) in [6.07, 6.45) is 8.17. The van der Waals surface area contributed by atoms with Crippen molar-refractivity contribution in [1.82, 2.24) is 9.62 Å². The molecule has 0 radical (unpaired) electrons. The van der Waals surface area contributed by atoms with E-state index in [1.54, 1.807) is 10.4 Å². The first-order valence-electron chi connectivity index (χ1n) is 10.1. The van der Waals surface area contributed by atoms with Gasteiger partial charge in [0.2, 0.25) is 10.0 Å². The molecule has 148 valence electrons. The second kappa shape index (κ2) is 7.68. The summed E-state index contributed by atoms with van der Waals surface area (Å²) < 4.78 is 27.7. The van der Waals surface area contributed by atoms with Crippen molar-refractivity contribution in [2.45, 2.75) is 62.8 Å². The van der Waals surface area contributed by atoms with Gasteiger partial charge in [0.1, 0.15) is 0 Å². The molecule has 4 rings (SSSR count). The molecule has 2 bridgehead atoms. The van der Waals surface area contributed by atoms with Crippen molar-refractivity contribution < 1.29 is 8.42 Å². The number of fused-ring (bicyclic) bond motifs is 2. The Morgan fingerprint density at radius 1 is 1.15 bits per heavy atom. The summed E-state index contributed by atoms with van der Waals surface area (Å²) in [5.74, 6) is 1.60. The van der Waals surface area contributed by atoms with Crippen LogP contribution in [-0.4, -0.2) is 37.0 Å². The molecule has 27 heavy (non-hydrogen) atoms. The highest BCUT2D eigenvalue weighted by molar-refractivity contribution is 7.89. The Hall–Kier alpha value is -1.18. The number of nitrogens with one attached hydrogen (secondary N) is 2. The molecule has 1 aromatic carbocycles. The molecule has 0 spiro atoms. The number of rotatable bonds is 4. The maximum atomic E-state index is 13.1. The van der Waals surface area contributed by atoms with Gasteiger partial charge in [-0.25, -0.2) is 8.42 Å². The van der Waals surface area contributed by atoms with Gasteiger partial charge in [-0.15, -0.1) is 0 Å². The van der Waals surface area contributed by atoms with E-state index < -0.39 is 10.0 Å². The number of hydrogen-bond donors (Lipinski definition) is 2. The number of hydrogen-bond acceptors (Lipinski definition) is 3. The summed E-state index contributed by atoms with van der Waals surface area (Å²) >= 11 is 5.50. The number of sulfonamides is 1. The Kier molecular flexibility index (Phi) is 5.45. The molecule has 3 unspecified atom stereocenters. The third-order valence-corrected chi connectivity index (χ3v) is 8.69. The fourth-order valence-electron chi connectivity index (χ4n) is 4.96. The van der Waals surface area contributed by atoms with E-state index in [1.807, 2.05) is 19.1 Å². The van der Waals surface area contributed by atoms with Crippen molar-refractivity contribution in [2.24, 2.45) is 11.8 Å². The minimum atomic E-state index is -3.45. The minimum Gasteiger partial charge on any atom is -0.359 e. The van der Waals surface area contributed by atoms with Crippen LogP contribution in [0.5, 0.6) is 0 Å². The third-order valence-electron chi connectivity index (χ3n) is 6.43. The van der Waals surface area contributed by atoms with Crippen LogP contribution in [0, 0.1) is 18.8 Å². The predicted molar refractivity (Wildman–Crippen MR) is 112 cm³/mol. The summed E-state index contributed by atoms with van der Waals surface area (Å²) in [5.41, 5.74) is 1.51. The lowest BCUT2D eigenvalue weighted by Gasteiger charge is -2.27. The van der Waals surface area contributed by atoms with Gasteiger partial charge in [-0.2, -0.15) is 4.31 Å². The summed E-state index contributed by atoms with van der Waals surface area (Å²) in [7, 11) is -3.45. The highest BCUT2D eigenvalue weighted by Crippen LogP contribution is 2.44. The predicted octanol–water partition coefficient (Wildman–Crippen LogP) is 3.64. The van der Waals surface area contributed by atoms with E-state index in [9.17, 15) is 8.42 Å². The number of nitrogens with zero attached hydrogens (tertiary/aromatic N) is 1. The van der Waals surface area contributed by atoms with Crippen molar-refractivity contribution in [3.05, 3.63) is 23.8 Å². The number of anilines is 1. The van der Waals surface area contributed by atoms with Crippen LogP contribution in [0.4, 0.5) is 5.69 Å². The van der Waals surface area contributed by atoms with E-state index in [4.69, 9.17) is 12.2 Å². The molecule has 1 heterocycles. The van der Waals surface area contributed by atoms with Crippen molar-refractivity contribution in [3.8, 4) is 0 Å². The topological polar surface area (TPSA) is 61.4 Å². The fourth-order valence-corrected chi connectivity index (χ4v) is 6.99. The van der Waals surface area contributed by atoms with Gasteiger partial charge < -0.3 is 10.6 Å². The Bertz CT molecular complexity index is 819. The summed E-state index contributed by atoms with van der Waals surface area (Å²) in [6.45, 7) is 3.08. The average molecular weight is 408 g/mol. The molecular formula is C20H29N3O2S2. The smallest absolute Gasteiger partial charge is 0.243 e. The van der Waals surface area contributed by atoms with E-state index in [1.165, 1.54) is 25.7 Å². The lowest BCUT2D eigenvalue weighted by Crippen LogP contribution is -2.40. The number of benzene rings is 1. The van der Waals surface area contributed by atoms with Crippen molar-refractivity contribution in [2.75, 3.05) is 18.4 Å². The highest BCUT2D eigenvalue weighted by Gasteiger charge is 2.39. The van der Waals surface area contributed by atoms with Crippen LogP contribution in [0.3, 0.4) is 0 Å². The molecule has 2 aliphatic carbocycles. The number of piperidine rings is 1. The molecule has 3 aliphatic rings. The zero-order chi connectivity index (χ0) is 19.0. The Balaban J connectivity index is 1.46. The maximum absolute atomic E-state index is 13.1. The van der Waals surface area contributed by atoms with Crippen LogP contribution < -0.4 is 10.6 Å². The first-order valence-corrected chi connectivity index (χ1v) is 12.0. The summed E-state index contributed by atoms with van der Waals surface area (Å²) in [6, 6.07) is 5.96. The molecule has 7 heteroatoms. The van der Waals surface area contributed by atoms with E-state index in [0.29, 0.717) is 29.1 Å². The third kappa shape index (κ3) is 4.00. The molecule has 1 aliphatic heterocycles. The van der Waals surface area contributed by atoms with Gasteiger partial charge in [-0.3, -0.25) is 0 Å². The Morgan fingerprint density at radius 2 is 1.93 bits per heavy atom. The highest BCUT2D eigenvalue weighted by atomic mass is 32.2. The van der Waals surface area contributed by atoms with Gasteiger partial charge in [0.05, 0.1) is 4.90 Å². The standard InChI is InChI=1S/C20H29N3O2S2/c1-14-5-8-17(13-19(14)27(24,25)23-9-3-2-4-10-23)21-20(26)22-18-12-15-6-7-16(18)11-15/h5,8,13,15-16,18H,2-4,6-7,9-12H2,1H3,(H2,21,22,26). The molecule has 2 N–H and O–H groups in total. The maximum Gasteiger partial charge on any atom is 0.243 e. The molecule has 1 saturated heterocycles. The quantitative estimate of drug-likeness (QED) is 0.746. The van der Waals surface area contributed by atoms with E-state index in [2.05, 4.69) is 10.6 Å². The Morgan fingerprint density at radius 3 is 2.59 bits per heavy atom. The van der Waals surface area contributed by atoms with Crippen LogP contribution in [0.25, 0.3) is 0 Å². The number of aryl methyl sites for hydroxylation is 1. The summed E-state index contributed by atoms with van der Waals surface area (Å²) in [4.78, 5) is 0.386. The van der Waals surface area contributed by atoms with Gasteiger partial charge in [-0.05, 0) is 80.8 Å². The van der Waals surface area contributed by atoms with Crippen LogP contribution >= 0.6 is 12.2 Å². The van der Waals surface area contributed by atoms with Gasteiger partial charge in [0.15, 0.2) is 5.11 Å². The summed E-state index contributed by atoms with van der Waals surface area (Å²) in [5, 5.41) is 7.26. The normalized spacial score (nSPS) is 28.3. The van der Waals surface area contributed by atoms with Crippen LogP contribution in [-0.2, 0) is 10.0 Å². The van der Waals surface area contributed by atoms with E-state index >= 15 is 0 Å². The molecule has 2 saturated carbocycles. The van der Waals surface area contributed by atoms with Gasteiger partial charge in [0.25, 0.3) is 0 Å². The lowest BCUT2D eigenvalue weighted by molar-refractivity contribution is 0.346. The molecule has 1 aromatic rings. The molecule has 0 aromatic heterocycles. The van der Waals surface area contributed by atoms with Crippen LogP contribution in [0.2, 0.25) is 0 Å². The second-order valence-electron chi connectivity index (χ2n) is 8.32. The fraction of sp³-hybridized carbons (Fsp3) is 0.650. The van der Waals surface area contributed by atoms with Crippen LogP contribution in [0.15, 0.2) is 23.1 Å². The van der Waals surface area contributed by atoms with Crippen molar-refractivity contribution in [3.63, 3.8) is 0 Å². The zero-order valence-corrected chi connectivity index (χ0v) is 17.5. The molecule has 0 amide bonds. The van der Waals surface area contributed by atoms with Crippen molar-refractivity contribution >= 4 is 33.0 Å². The number of thiocarbonyl (C=S) groups is 1. The van der Waals surface area contributed by atoms with Crippen LogP contribution in [0.1, 0.15) is 50.5 Å².